The lowest BCUT2D eigenvalue weighted by molar-refractivity contribution is -0.164. The Kier molecular flexibility index (Phi) is 10.5. The third-order valence-corrected chi connectivity index (χ3v) is 10.6. The van der Waals surface area contributed by atoms with Gasteiger partial charge in [0.05, 0.1) is 34.9 Å². The summed E-state index contributed by atoms with van der Waals surface area (Å²) in [6.07, 6.45) is 2.28. The van der Waals surface area contributed by atoms with E-state index in [1.54, 1.807) is 48.5 Å². The van der Waals surface area contributed by atoms with E-state index in [0.717, 1.165) is 24.2 Å². The van der Waals surface area contributed by atoms with Crippen LogP contribution in [0.4, 0.5) is 0 Å². The number of unbranched alkanes of at least 4 members (excludes halogenated alkanes) is 2. The summed E-state index contributed by atoms with van der Waals surface area (Å²) in [4.78, 5) is 63.9. The van der Waals surface area contributed by atoms with Crippen molar-refractivity contribution in [3.05, 3.63) is 87.9 Å². The van der Waals surface area contributed by atoms with Crippen LogP contribution in [-0.4, -0.2) is 65.8 Å². The number of nitrogens with one attached hydrogen (secondary N) is 2. The normalized spacial score (nSPS) is 21.2. The maximum atomic E-state index is 13.3. The highest BCUT2D eigenvalue weighted by Crippen LogP contribution is 2.55. The van der Waals surface area contributed by atoms with Gasteiger partial charge in [-0.2, -0.15) is 5.26 Å². The molecule has 3 aromatic carbocycles. The van der Waals surface area contributed by atoms with Crippen LogP contribution in [0, 0.1) is 22.2 Å². The third-order valence-electron chi connectivity index (χ3n) is 10.3. The number of amides is 5. The number of imide groups is 2. The molecule has 2 heterocycles. The fourth-order valence-corrected chi connectivity index (χ4v) is 8.03. The van der Waals surface area contributed by atoms with Gasteiger partial charge in [-0.15, -0.1) is 0 Å². The van der Waals surface area contributed by atoms with Crippen LogP contribution in [0.25, 0.3) is 0 Å². The number of benzene rings is 3. The molecule has 2 N–H and O–H groups in total. The van der Waals surface area contributed by atoms with Gasteiger partial charge in [0.2, 0.25) is 11.8 Å². The second-order valence-electron chi connectivity index (χ2n) is 14.7. The molecule has 2 fully saturated rings. The Morgan fingerprint density at radius 1 is 0.868 bits per heavy atom. The number of hydrogen-bond acceptors (Lipinski definition) is 9. The average Bonchev–Trinajstić information content (AvgIpc) is 3.37. The van der Waals surface area contributed by atoms with Crippen molar-refractivity contribution >= 4 is 41.1 Å². The molecule has 0 spiro atoms. The van der Waals surface area contributed by atoms with E-state index < -0.39 is 29.7 Å². The maximum absolute atomic E-state index is 13.3. The average molecular weight is 741 g/mol. The number of nitriles is 1. The lowest BCUT2D eigenvalue weighted by Crippen LogP contribution is -2.74. The highest BCUT2D eigenvalue weighted by Gasteiger charge is 2.64. The highest BCUT2D eigenvalue weighted by molar-refractivity contribution is 6.31. The summed E-state index contributed by atoms with van der Waals surface area (Å²) in [6.45, 7) is 9.10. The van der Waals surface area contributed by atoms with E-state index in [2.05, 4.69) is 38.3 Å². The number of rotatable bonds is 13. The van der Waals surface area contributed by atoms with Gasteiger partial charge in [-0.05, 0) is 80.3 Å². The van der Waals surface area contributed by atoms with Crippen LogP contribution in [0.5, 0.6) is 17.2 Å². The Labute approximate surface area is 312 Å². The van der Waals surface area contributed by atoms with Crippen LogP contribution < -0.4 is 24.8 Å². The molecule has 1 saturated carbocycles. The van der Waals surface area contributed by atoms with E-state index in [-0.39, 0.29) is 52.9 Å². The first kappa shape index (κ1) is 37.4. The number of ether oxygens (including phenoxy) is 3. The van der Waals surface area contributed by atoms with Gasteiger partial charge in [0.15, 0.2) is 0 Å². The van der Waals surface area contributed by atoms with Crippen molar-refractivity contribution in [2.75, 3.05) is 13.2 Å². The molecule has 53 heavy (non-hydrogen) atoms. The number of carbonyl (C=O) groups is 5. The number of piperidine rings is 1. The van der Waals surface area contributed by atoms with Gasteiger partial charge >= 0.3 is 0 Å². The van der Waals surface area contributed by atoms with Crippen LogP contribution in [-0.2, 0) is 9.59 Å². The Balaban J connectivity index is 0.911. The second-order valence-corrected chi connectivity index (χ2v) is 15.1. The van der Waals surface area contributed by atoms with Gasteiger partial charge < -0.3 is 19.5 Å². The number of fused-ring (bicyclic) bond motifs is 1. The van der Waals surface area contributed by atoms with Crippen molar-refractivity contribution in [1.82, 2.24) is 15.5 Å². The summed E-state index contributed by atoms with van der Waals surface area (Å²) < 4.78 is 18.0. The molecule has 276 valence electrons. The summed E-state index contributed by atoms with van der Waals surface area (Å²) in [7, 11) is 0. The van der Waals surface area contributed by atoms with Gasteiger partial charge in [-0.3, -0.25) is 34.2 Å². The van der Waals surface area contributed by atoms with Crippen molar-refractivity contribution in [2.45, 2.75) is 78.0 Å². The molecule has 3 aliphatic rings. The molecule has 2 aliphatic heterocycles. The predicted molar refractivity (Wildman–Crippen MR) is 194 cm³/mol. The smallest absolute Gasteiger partial charge is 0.262 e. The minimum absolute atomic E-state index is 0.0609. The fraction of sp³-hybridized carbons (Fsp3) is 0.400. The molecule has 13 heteroatoms. The number of nitrogens with zero attached hydrogens (tertiary/aromatic N) is 2. The van der Waals surface area contributed by atoms with E-state index in [0.29, 0.717) is 46.6 Å². The quantitative estimate of drug-likeness (QED) is 0.162. The van der Waals surface area contributed by atoms with E-state index in [1.165, 1.54) is 12.1 Å². The molecule has 1 unspecified atom stereocenters. The fourth-order valence-electron chi connectivity index (χ4n) is 7.81. The SMILES string of the molecule is CC1(C)C(NC(=O)c2ccc(OCCCCCOc3ccc4c(c3)C(=O)N(C3CCC(=O)NC3=O)C4=O)cc2)C(C)(C)C1Oc1ccc(C#N)c(Cl)c1. The van der Waals surface area contributed by atoms with Crippen molar-refractivity contribution in [2.24, 2.45) is 10.8 Å². The molecule has 0 bridgehead atoms. The summed E-state index contributed by atoms with van der Waals surface area (Å²) in [6, 6.07) is 17.6. The van der Waals surface area contributed by atoms with Crippen LogP contribution in [0.2, 0.25) is 5.02 Å². The predicted octanol–water partition coefficient (Wildman–Crippen LogP) is 5.85. The Morgan fingerprint density at radius 3 is 2.13 bits per heavy atom. The molecule has 6 rings (SSSR count). The molecule has 5 amide bonds. The first-order valence-electron chi connectivity index (χ1n) is 17.6. The minimum Gasteiger partial charge on any atom is -0.494 e. The molecule has 1 saturated heterocycles. The zero-order valence-electron chi connectivity index (χ0n) is 30.0. The third kappa shape index (κ3) is 7.44. The largest absolute Gasteiger partial charge is 0.494 e. The lowest BCUT2D eigenvalue weighted by Gasteiger charge is -2.63. The standard InChI is InChI=1S/C40H41ClN4O8/c1-39(2)37(40(3,4)38(39)53-27-13-10-24(22-42)30(41)21-27)44-33(47)23-8-11-25(12-9-23)51-18-6-5-7-19-52-26-14-15-28-29(20-26)36(50)45(35(28)49)31-16-17-32(46)43-34(31)48/h8-15,20-21,31,37-38H,5-7,16-19H2,1-4H3,(H,44,47)(H,43,46,48). The van der Waals surface area contributed by atoms with Crippen molar-refractivity contribution in [3.63, 3.8) is 0 Å². The van der Waals surface area contributed by atoms with E-state index >= 15 is 0 Å². The van der Waals surface area contributed by atoms with Crippen LogP contribution in [0.1, 0.15) is 96.4 Å². The van der Waals surface area contributed by atoms with Crippen molar-refractivity contribution in [3.8, 4) is 23.3 Å². The molecular formula is C40H41ClN4O8. The second kappa shape index (κ2) is 14.9. The molecule has 12 nitrogen and oxygen atoms in total. The Hall–Kier alpha value is -5.41. The van der Waals surface area contributed by atoms with Gasteiger partial charge in [0.25, 0.3) is 17.7 Å². The number of halogens is 1. The molecular weight excluding hydrogens is 700 g/mol. The van der Waals surface area contributed by atoms with Gasteiger partial charge in [-0.1, -0.05) is 39.3 Å². The number of hydrogen-bond donors (Lipinski definition) is 2. The molecule has 0 radical (unpaired) electrons. The number of carbonyl (C=O) groups excluding carboxylic acids is 5. The first-order valence-corrected chi connectivity index (χ1v) is 18.0. The van der Waals surface area contributed by atoms with Gasteiger partial charge in [0.1, 0.15) is 35.5 Å². The van der Waals surface area contributed by atoms with Crippen LogP contribution in [0.15, 0.2) is 60.7 Å². The zero-order chi connectivity index (χ0) is 38.1. The van der Waals surface area contributed by atoms with E-state index in [4.69, 9.17) is 31.1 Å². The summed E-state index contributed by atoms with van der Waals surface area (Å²) in [5, 5.41) is 14.9. The van der Waals surface area contributed by atoms with Crippen molar-refractivity contribution in [1.29, 1.82) is 5.26 Å². The lowest BCUT2D eigenvalue weighted by atomic mass is 9.49. The van der Waals surface area contributed by atoms with Crippen LogP contribution in [0.3, 0.4) is 0 Å². The Morgan fingerprint density at radius 2 is 1.49 bits per heavy atom. The monoisotopic (exact) mass is 740 g/mol. The molecule has 1 aliphatic carbocycles. The zero-order valence-corrected chi connectivity index (χ0v) is 30.7. The first-order chi connectivity index (χ1) is 25.2. The van der Waals surface area contributed by atoms with Crippen molar-refractivity contribution < 1.29 is 38.2 Å². The highest BCUT2D eigenvalue weighted by atomic mass is 35.5. The topological polar surface area (TPSA) is 164 Å². The molecule has 3 aromatic rings. The van der Waals surface area contributed by atoms with Crippen LogP contribution >= 0.6 is 11.6 Å². The molecule has 1 atom stereocenters. The summed E-state index contributed by atoms with van der Waals surface area (Å²) >= 11 is 6.21. The van der Waals surface area contributed by atoms with Gasteiger partial charge in [0, 0.05) is 34.9 Å². The summed E-state index contributed by atoms with van der Waals surface area (Å²) in [5.74, 6) is -0.715. The summed E-state index contributed by atoms with van der Waals surface area (Å²) in [5.41, 5.74) is 0.524. The minimum atomic E-state index is -1.01. The van der Waals surface area contributed by atoms with E-state index in [9.17, 15) is 24.0 Å². The van der Waals surface area contributed by atoms with E-state index in [1.807, 2.05) is 6.07 Å². The Bertz CT molecular complexity index is 1990. The maximum Gasteiger partial charge on any atom is 0.262 e. The molecule has 0 aromatic heterocycles. The van der Waals surface area contributed by atoms with Gasteiger partial charge in [-0.25, -0.2) is 0 Å².